The van der Waals surface area contributed by atoms with E-state index >= 15 is 0 Å². The maximum Gasteiger partial charge on any atom is 0.175 e. The first-order chi connectivity index (χ1) is 10.3. The van der Waals surface area contributed by atoms with E-state index in [2.05, 4.69) is 40.3 Å². The molecule has 3 nitrogen and oxygen atoms in total. The lowest BCUT2D eigenvalue weighted by atomic mass is 9.84. The highest BCUT2D eigenvalue weighted by Gasteiger charge is 2.20. The first kappa shape index (κ1) is 15.2. The van der Waals surface area contributed by atoms with Gasteiger partial charge < -0.3 is 14.8 Å². The highest BCUT2D eigenvalue weighted by molar-refractivity contribution is 9.10. The quantitative estimate of drug-likeness (QED) is 0.876. The molecule has 4 heteroatoms. The maximum atomic E-state index is 5.68. The van der Waals surface area contributed by atoms with Gasteiger partial charge in [-0.2, -0.15) is 0 Å². The fourth-order valence-corrected chi connectivity index (χ4v) is 3.91. The molecular weight excluding hydrogens is 330 g/mol. The minimum absolute atomic E-state index is 0.629. The fourth-order valence-electron chi connectivity index (χ4n) is 3.30. The van der Waals surface area contributed by atoms with Gasteiger partial charge in [-0.15, -0.1) is 0 Å². The first-order valence-corrected chi connectivity index (χ1v) is 8.87. The van der Waals surface area contributed by atoms with Crippen LogP contribution in [0.3, 0.4) is 0 Å². The Morgan fingerprint density at radius 3 is 2.67 bits per heavy atom. The lowest BCUT2D eigenvalue weighted by Gasteiger charge is -2.28. The number of fused-ring (bicyclic) bond motifs is 1. The van der Waals surface area contributed by atoms with Crippen LogP contribution in [0.5, 0.6) is 11.5 Å². The fraction of sp³-hybridized carbons (Fsp3) is 0.647. The van der Waals surface area contributed by atoms with Gasteiger partial charge in [-0.05, 0) is 65.2 Å². The smallest absolute Gasteiger partial charge is 0.175 e. The molecule has 0 aromatic heterocycles. The normalized spacial score (nSPS) is 24.9. The van der Waals surface area contributed by atoms with Crippen molar-refractivity contribution in [3.05, 3.63) is 22.2 Å². The number of hydrogen-bond donors (Lipinski definition) is 1. The molecular formula is C17H24BrNO2. The molecule has 1 aromatic carbocycles. The second kappa shape index (κ2) is 7.01. The van der Waals surface area contributed by atoms with Crippen LogP contribution in [0.25, 0.3) is 0 Å². The number of hydrogen-bond acceptors (Lipinski definition) is 3. The molecule has 0 radical (unpaired) electrons. The second-order valence-electron chi connectivity index (χ2n) is 6.11. The van der Waals surface area contributed by atoms with E-state index < -0.39 is 0 Å². The van der Waals surface area contributed by atoms with Gasteiger partial charge in [0.25, 0.3) is 0 Å². The Morgan fingerprint density at radius 2 is 1.90 bits per heavy atom. The van der Waals surface area contributed by atoms with E-state index in [4.69, 9.17) is 9.47 Å². The van der Waals surface area contributed by atoms with Crippen molar-refractivity contribution in [3.8, 4) is 11.5 Å². The molecule has 0 bridgehead atoms. The Labute approximate surface area is 135 Å². The number of benzene rings is 1. The van der Waals surface area contributed by atoms with Gasteiger partial charge in [-0.1, -0.05) is 13.3 Å². The van der Waals surface area contributed by atoms with Gasteiger partial charge >= 0.3 is 0 Å². The van der Waals surface area contributed by atoms with E-state index in [9.17, 15) is 0 Å². The van der Waals surface area contributed by atoms with Gasteiger partial charge in [0, 0.05) is 12.6 Å². The molecule has 0 atom stereocenters. The monoisotopic (exact) mass is 353 g/mol. The molecule has 1 fully saturated rings. The summed E-state index contributed by atoms with van der Waals surface area (Å²) in [5.41, 5.74) is 1.25. The van der Waals surface area contributed by atoms with Crippen LogP contribution in [-0.4, -0.2) is 19.3 Å². The highest BCUT2D eigenvalue weighted by atomic mass is 79.9. The average molecular weight is 354 g/mol. The van der Waals surface area contributed by atoms with Gasteiger partial charge in [-0.25, -0.2) is 0 Å². The Balaban J connectivity index is 1.57. The third-order valence-corrected chi connectivity index (χ3v) is 5.26. The molecule has 0 saturated heterocycles. The third-order valence-electron chi connectivity index (χ3n) is 4.68. The van der Waals surface area contributed by atoms with Gasteiger partial charge in [0.05, 0.1) is 4.47 Å². The van der Waals surface area contributed by atoms with Crippen LogP contribution in [-0.2, 0) is 6.54 Å². The molecule has 2 aliphatic rings. The Hall–Kier alpha value is -0.740. The largest absolute Gasteiger partial charge is 0.486 e. The molecule has 21 heavy (non-hydrogen) atoms. The van der Waals surface area contributed by atoms with Crippen LogP contribution in [0.1, 0.15) is 44.6 Å². The lowest BCUT2D eigenvalue weighted by molar-refractivity contribution is 0.170. The van der Waals surface area contributed by atoms with Crippen molar-refractivity contribution in [3.63, 3.8) is 0 Å². The molecule has 3 rings (SSSR count). The molecule has 1 saturated carbocycles. The number of ether oxygens (including phenoxy) is 2. The molecule has 1 N–H and O–H groups in total. The van der Waals surface area contributed by atoms with Gasteiger partial charge in [0.2, 0.25) is 0 Å². The van der Waals surface area contributed by atoms with Crippen LogP contribution >= 0.6 is 15.9 Å². The zero-order valence-electron chi connectivity index (χ0n) is 12.7. The van der Waals surface area contributed by atoms with Crippen LogP contribution in [0.15, 0.2) is 16.6 Å². The summed E-state index contributed by atoms with van der Waals surface area (Å²) >= 11 is 3.58. The van der Waals surface area contributed by atoms with E-state index in [1.807, 2.05) is 0 Å². The molecule has 116 valence electrons. The second-order valence-corrected chi connectivity index (χ2v) is 6.96. The van der Waals surface area contributed by atoms with Crippen molar-refractivity contribution in [1.29, 1.82) is 0 Å². The maximum absolute atomic E-state index is 5.68. The SMILES string of the molecule is CCC1CCC(NCc2cc(Br)c3c(c2)OCCO3)CC1. The topological polar surface area (TPSA) is 30.5 Å². The standard InChI is InChI=1S/C17H24BrNO2/c1-2-12-3-5-14(6-4-12)19-11-13-9-15(18)17-16(10-13)20-7-8-21-17/h9-10,12,14,19H,2-8,11H2,1H3. The molecule has 0 amide bonds. The predicted octanol–water partition coefficient (Wildman–Crippen LogP) is 4.28. The Kier molecular flexibility index (Phi) is 5.07. The molecule has 1 aliphatic heterocycles. The van der Waals surface area contributed by atoms with Crippen molar-refractivity contribution in [1.82, 2.24) is 5.32 Å². The zero-order valence-corrected chi connectivity index (χ0v) is 14.2. The van der Waals surface area contributed by atoms with E-state index in [0.717, 1.165) is 28.4 Å². The van der Waals surface area contributed by atoms with Crippen LogP contribution in [0.2, 0.25) is 0 Å². The summed E-state index contributed by atoms with van der Waals surface area (Å²) in [5, 5.41) is 3.70. The predicted molar refractivity (Wildman–Crippen MR) is 88.0 cm³/mol. The summed E-state index contributed by atoms with van der Waals surface area (Å²) in [6.07, 6.45) is 6.70. The lowest BCUT2D eigenvalue weighted by Crippen LogP contribution is -2.32. The summed E-state index contributed by atoms with van der Waals surface area (Å²) in [6, 6.07) is 4.90. The van der Waals surface area contributed by atoms with E-state index in [1.54, 1.807) is 0 Å². The summed E-state index contributed by atoms with van der Waals surface area (Å²) in [7, 11) is 0. The van der Waals surface area contributed by atoms with E-state index in [1.165, 1.54) is 37.7 Å². The number of nitrogens with one attached hydrogen (secondary N) is 1. The Bertz CT molecular complexity index is 484. The summed E-state index contributed by atoms with van der Waals surface area (Å²) in [6.45, 7) is 4.48. The van der Waals surface area contributed by atoms with E-state index in [-0.39, 0.29) is 0 Å². The van der Waals surface area contributed by atoms with Crippen LogP contribution in [0.4, 0.5) is 0 Å². The summed E-state index contributed by atoms with van der Waals surface area (Å²) < 4.78 is 12.3. The zero-order chi connectivity index (χ0) is 14.7. The summed E-state index contributed by atoms with van der Waals surface area (Å²) in [4.78, 5) is 0. The van der Waals surface area contributed by atoms with Crippen LogP contribution < -0.4 is 14.8 Å². The average Bonchev–Trinajstić information content (AvgIpc) is 2.53. The molecule has 1 aromatic rings. The molecule has 0 unspecified atom stereocenters. The van der Waals surface area contributed by atoms with Crippen molar-refractivity contribution in [2.24, 2.45) is 5.92 Å². The number of rotatable bonds is 4. The number of halogens is 1. The summed E-state index contributed by atoms with van der Waals surface area (Å²) in [5.74, 6) is 2.65. The minimum Gasteiger partial charge on any atom is -0.486 e. The Morgan fingerprint density at radius 1 is 1.14 bits per heavy atom. The molecule has 0 spiro atoms. The third kappa shape index (κ3) is 3.72. The van der Waals surface area contributed by atoms with Gasteiger partial charge in [0.1, 0.15) is 13.2 Å². The van der Waals surface area contributed by atoms with Crippen molar-refractivity contribution in [2.45, 2.75) is 51.6 Å². The van der Waals surface area contributed by atoms with Gasteiger partial charge in [-0.3, -0.25) is 0 Å². The first-order valence-electron chi connectivity index (χ1n) is 8.07. The van der Waals surface area contributed by atoms with Crippen molar-refractivity contribution in [2.75, 3.05) is 13.2 Å². The molecule has 1 heterocycles. The van der Waals surface area contributed by atoms with Gasteiger partial charge in [0.15, 0.2) is 11.5 Å². The van der Waals surface area contributed by atoms with Crippen LogP contribution in [0, 0.1) is 5.92 Å². The minimum atomic E-state index is 0.629. The van der Waals surface area contributed by atoms with Crippen molar-refractivity contribution >= 4 is 15.9 Å². The van der Waals surface area contributed by atoms with E-state index in [0.29, 0.717) is 19.3 Å². The molecule has 1 aliphatic carbocycles. The highest BCUT2D eigenvalue weighted by Crippen LogP contribution is 2.38. The van der Waals surface area contributed by atoms with Crippen molar-refractivity contribution < 1.29 is 9.47 Å².